The molecule has 0 aliphatic carbocycles. The molecule has 0 unspecified atom stereocenters. The lowest BCUT2D eigenvalue weighted by Crippen LogP contribution is -2.30. The van der Waals surface area contributed by atoms with Gasteiger partial charge in [-0.2, -0.15) is 0 Å². The molecule has 6 nitrogen and oxygen atoms in total. The average Bonchev–Trinajstić information content (AvgIpc) is 3.07. The van der Waals surface area contributed by atoms with Crippen LogP contribution in [0.4, 0.5) is 4.79 Å². The van der Waals surface area contributed by atoms with Gasteiger partial charge in [-0.25, -0.2) is 4.79 Å². The molecule has 34 heavy (non-hydrogen) atoms. The maximum Gasteiger partial charge on any atom is 0.329 e. The average molecular weight is 477 g/mol. The van der Waals surface area contributed by atoms with Gasteiger partial charge in [0, 0.05) is 5.02 Å². The third kappa shape index (κ3) is 5.58. The van der Waals surface area contributed by atoms with E-state index >= 15 is 0 Å². The highest BCUT2D eigenvalue weighted by molar-refractivity contribution is 6.30. The highest BCUT2D eigenvalue weighted by Gasteiger charge is 2.33. The Morgan fingerprint density at radius 2 is 1.74 bits per heavy atom. The van der Waals surface area contributed by atoms with Crippen molar-refractivity contribution < 1.29 is 19.1 Å². The first-order valence-corrected chi connectivity index (χ1v) is 11.3. The highest BCUT2D eigenvalue weighted by Crippen LogP contribution is 2.30. The summed E-state index contributed by atoms with van der Waals surface area (Å²) in [6, 6.07) is 20.1. The Labute approximate surface area is 203 Å². The van der Waals surface area contributed by atoms with E-state index in [0.29, 0.717) is 35.3 Å². The van der Waals surface area contributed by atoms with Gasteiger partial charge < -0.3 is 14.8 Å². The molecule has 1 heterocycles. The summed E-state index contributed by atoms with van der Waals surface area (Å²) in [5, 5.41) is 3.34. The van der Waals surface area contributed by atoms with E-state index in [0.717, 1.165) is 16.7 Å². The van der Waals surface area contributed by atoms with E-state index in [1.165, 1.54) is 4.90 Å². The lowest BCUT2D eigenvalue weighted by Gasteiger charge is -2.13. The molecule has 1 aliphatic rings. The second-order valence-electron chi connectivity index (χ2n) is 7.92. The summed E-state index contributed by atoms with van der Waals surface area (Å²) in [5.74, 6) is 0.772. The van der Waals surface area contributed by atoms with E-state index in [9.17, 15) is 9.59 Å². The fraction of sp³-hybridized carbons (Fsp3) is 0.185. The van der Waals surface area contributed by atoms with Crippen LogP contribution < -0.4 is 14.8 Å². The topological polar surface area (TPSA) is 67.9 Å². The molecule has 174 valence electrons. The van der Waals surface area contributed by atoms with E-state index in [4.69, 9.17) is 21.1 Å². The van der Waals surface area contributed by atoms with Crippen LogP contribution in [0.2, 0.25) is 5.02 Å². The Hall–Kier alpha value is -3.77. The zero-order valence-electron chi connectivity index (χ0n) is 19.0. The lowest BCUT2D eigenvalue weighted by atomic mass is 10.1. The predicted octanol–water partition coefficient (Wildman–Crippen LogP) is 5.72. The van der Waals surface area contributed by atoms with Gasteiger partial charge in [-0.15, -0.1) is 0 Å². The molecule has 0 radical (unpaired) electrons. The van der Waals surface area contributed by atoms with Crippen LogP contribution in [-0.2, 0) is 17.9 Å². The van der Waals surface area contributed by atoms with Crippen molar-refractivity contribution in [2.45, 2.75) is 27.0 Å². The minimum absolute atomic E-state index is 0.214. The van der Waals surface area contributed by atoms with Crippen LogP contribution in [0.1, 0.15) is 29.2 Å². The first kappa shape index (κ1) is 23.4. The Kier molecular flexibility index (Phi) is 7.18. The van der Waals surface area contributed by atoms with Crippen LogP contribution in [0.3, 0.4) is 0 Å². The number of carbonyl (C=O) groups is 2. The lowest BCUT2D eigenvalue weighted by molar-refractivity contribution is -0.123. The number of carbonyl (C=O) groups excluding carboxylic acids is 2. The monoisotopic (exact) mass is 476 g/mol. The van der Waals surface area contributed by atoms with Crippen LogP contribution in [0.5, 0.6) is 11.5 Å². The summed E-state index contributed by atoms with van der Waals surface area (Å²) in [6.07, 6.45) is 1.64. The largest absolute Gasteiger partial charge is 0.490 e. The number of hydrogen-bond donors (Lipinski definition) is 1. The van der Waals surface area contributed by atoms with Crippen LogP contribution in [0, 0.1) is 6.92 Å². The van der Waals surface area contributed by atoms with Crippen molar-refractivity contribution in [3.05, 3.63) is 99.7 Å². The van der Waals surface area contributed by atoms with Gasteiger partial charge in [0.1, 0.15) is 12.3 Å². The molecule has 7 heteroatoms. The molecular formula is C27H25ClN2O4. The second-order valence-corrected chi connectivity index (χ2v) is 8.36. The Morgan fingerprint density at radius 3 is 2.47 bits per heavy atom. The molecular weight excluding hydrogens is 452 g/mol. The molecule has 3 aromatic carbocycles. The molecule has 3 amide bonds. The summed E-state index contributed by atoms with van der Waals surface area (Å²) in [5.41, 5.74) is 3.87. The van der Waals surface area contributed by atoms with Crippen molar-refractivity contribution in [2.24, 2.45) is 0 Å². The third-order valence-corrected chi connectivity index (χ3v) is 5.52. The van der Waals surface area contributed by atoms with Gasteiger partial charge in [0.15, 0.2) is 11.5 Å². The zero-order chi connectivity index (χ0) is 24.1. The molecule has 3 aromatic rings. The van der Waals surface area contributed by atoms with Gasteiger partial charge in [-0.1, -0.05) is 59.6 Å². The molecule has 1 N–H and O–H groups in total. The van der Waals surface area contributed by atoms with Crippen molar-refractivity contribution in [3.8, 4) is 11.5 Å². The molecule has 0 spiro atoms. The number of rotatable bonds is 8. The fourth-order valence-electron chi connectivity index (χ4n) is 3.62. The molecule has 0 saturated carbocycles. The van der Waals surface area contributed by atoms with Gasteiger partial charge in [0.2, 0.25) is 0 Å². The van der Waals surface area contributed by atoms with E-state index in [1.54, 1.807) is 18.2 Å². The van der Waals surface area contributed by atoms with Gasteiger partial charge in [-0.05, 0) is 60.9 Å². The minimum atomic E-state index is -0.439. The molecule has 1 fully saturated rings. The fourth-order valence-corrected chi connectivity index (χ4v) is 3.74. The Morgan fingerprint density at radius 1 is 0.941 bits per heavy atom. The number of hydrogen-bond acceptors (Lipinski definition) is 4. The summed E-state index contributed by atoms with van der Waals surface area (Å²) < 4.78 is 11.7. The summed E-state index contributed by atoms with van der Waals surface area (Å²) in [4.78, 5) is 26.5. The summed E-state index contributed by atoms with van der Waals surface area (Å²) >= 11 is 5.94. The van der Waals surface area contributed by atoms with Crippen molar-refractivity contribution in [1.82, 2.24) is 10.2 Å². The molecule has 1 saturated heterocycles. The quantitative estimate of drug-likeness (QED) is 0.333. The smallest absolute Gasteiger partial charge is 0.329 e. The van der Waals surface area contributed by atoms with E-state index in [2.05, 4.69) is 5.32 Å². The number of benzene rings is 3. The molecule has 0 atom stereocenters. The number of amides is 3. The van der Waals surface area contributed by atoms with E-state index in [-0.39, 0.29) is 18.1 Å². The van der Waals surface area contributed by atoms with Crippen molar-refractivity contribution in [1.29, 1.82) is 0 Å². The van der Waals surface area contributed by atoms with Gasteiger partial charge >= 0.3 is 6.03 Å². The van der Waals surface area contributed by atoms with Crippen LogP contribution in [0.25, 0.3) is 6.08 Å². The third-order valence-electron chi connectivity index (χ3n) is 5.27. The maximum absolute atomic E-state index is 12.9. The summed E-state index contributed by atoms with van der Waals surface area (Å²) in [7, 11) is 0. The Balaban J connectivity index is 1.50. The standard InChI is InChI=1S/C27H25ClN2O4/c1-3-33-25-15-20(9-12-24(25)34-17-19-7-10-22(28)11-8-19)14-23-26(31)30(27(32)29-23)16-21-6-4-5-18(2)13-21/h4-15H,3,16-17H2,1-2H3,(H,29,32)/b23-14+. The van der Waals surface area contributed by atoms with E-state index in [1.807, 2.05) is 68.4 Å². The molecule has 0 bridgehead atoms. The number of imide groups is 1. The minimum Gasteiger partial charge on any atom is -0.490 e. The first-order valence-electron chi connectivity index (χ1n) is 11.0. The molecule has 0 aromatic heterocycles. The van der Waals surface area contributed by atoms with Crippen LogP contribution >= 0.6 is 11.6 Å². The number of halogens is 1. The van der Waals surface area contributed by atoms with Crippen molar-refractivity contribution >= 4 is 29.6 Å². The number of nitrogens with one attached hydrogen (secondary N) is 1. The van der Waals surface area contributed by atoms with Crippen molar-refractivity contribution in [2.75, 3.05) is 6.61 Å². The van der Waals surface area contributed by atoms with Crippen LogP contribution in [0.15, 0.2) is 72.4 Å². The number of urea groups is 1. The zero-order valence-corrected chi connectivity index (χ0v) is 19.8. The summed E-state index contributed by atoms with van der Waals surface area (Å²) in [6.45, 7) is 4.89. The Bertz CT molecular complexity index is 1240. The van der Waals surface area contributed by atoms with Crippen LogP contribution in [-0.4, -0.2) is 23.4 Å². The number of ether oxygens (including phenoxy) is 2. The predicted molar refractivity (Wildman–Crippen MR) is 132 cm³/mol. The molecule has 4 rings (SSSR count). The van der Waals surface area contributed by atoms with Gasteiger partial charge in [0.05, 0.1) is 13.2 Å². The highest BCUT2D eigenvalue weighted by atomic mass is 35.5. The molecule has 1 aliphatic heterocycles. The van der Waals surface area contributed by atoms with Gasteiger partial charge in [-0.3, -0.25) is 9.69 Å². The first-order chi connectivity index (χ1) is 16.4. The number of nitrogens with zero attached hydrogens (tertiary/aromatic N) is 1. The van der Waals surface area contributed by atoms with Gasteiger partial charge in [0.25, 0.3) is 5.91 Å². The van der Waals surface area contributed by atoms with E-state index < -0.39 is 6.03 Å². The second kappa shape index (κ2) is 10.4. The SMILES string of the molecule is CCOc1cc(/C=C2/NC(=O)N(Cc3cccc(C)c3)C2=O)ccc1OCc1ccc(Cl)cc1. The van der Waals surface area contributed by atoms with Crippen molar-refractivity contribution in [3.63, 3.8) is 0 Å². The maximum atomic E-state index is 12.9. The number of aryl methyl sites for hydroxylation is 1. The normalized spacial score (nSPS) is 14.4.